The van der Waals surface area contributed by atoms with Crippen molar-refractivity contribution in [1.82, 2.24) is 9.62 Å². The molecule has 1 aliphatic rings. The molecule has 1 saturated heterocycles. The Bertz CT molecular complexity index is 713. The third-order valence-electron chi connectivity index (χ3n) is 4.52. The molecular formula is C18H29N3O4S. The molecule has 1 aromatic rings. The molecule has 0 spiro atoms. The van der Waals surface area contributed by atoms with Crippen LogP contribution in [-0.2, 0) is 14.8 Å². The maximum atomic E-state index is 12.9. The summed E-state index contributed by atoms with van der Waals surface area (Å²) < 4.78 is 32.6. The second kappa shape index (κ2) is 9.45. The van der Waals surface area contributed by atoms with Gasteiger partial charge in [0.1, 0.15) is 0 Å². The van der Waals surface area contributed by atoms with Crippen LogP contribution in [-0.4, -0.2) is 58.1 Å². The SMILES string of the molecule is CCNS(=O)(=O)c1ccc(C)c(C(=O)N2CCC(OCCCN)CC2)c1. The highest BCUT2D eigenvalue weighted by molar-refractivity contribution is 7.89. The lowest BCUT2D eigenvalue weighted by Crippen LogP contribution is -2.41. The van der Waals surface area contributed by atoms with Crippen molar-refractivity contribution < 1.29 is 17.9 Å². The van der Waals surface area contributed by atoms with Crippen molar-refractivity contribution in [2.24, 2.45) is 5.73 Å². The number of nitrogens with one attached hydrogen (secondary N) is 1. The van der Waals surface area contributed by atoms with Crippen LogP contribution in [0.25, 0.3) is 0 Å². The van der Waals surface area contributed by atoms with Crippen molar-refractivity contribution in [3.05, 3.63) is 29.3 Å². The smallest absolute Gasteiger partial charge is 0.254 e. The van der Waals surface area contributed by atoms with Crippen LogP contribution in [0.5, 0.6) is 0 Å². The predicted octanol–water partition coefficient (Wildman–Crippen LogP) is 1.26. The number of carbonyl (C=O) groups is 1. The van der Waals surface area contributed by atoms with Crippen molar-refractivity contribution >= 4 is 15.9 Å². The number of rotatable bonds is 8. The molecule has 146 valence electrons. The summed E-state index contributed by atoms with van der Waals surface area (Å²) in [5, 5.41) is 0. The topological polar surface area (TPSA) is 102 Å². The minimum Gasteiger partial charge on any atom is -0.378 e. The van der Waals surface area contributed by atoms with E-state index in [0.717, 1.165) is 24.8 Å². The van der Waals surface area contributed by atoms with Crippen LogP contribution >= 0.6 is 0 Å². The van der Waals surface area contributed by atoms with Crippen LogP contribution < -0.4 is 10.5 Å². The van der Waals surface area contributed by atoms with Crippen LogP contribution in [0.2, 0.25) is 0 Å². The molecule has 3 N–H and O–H groups in total. The molecule has 0 aromatic heterocycles. The van der Waals surface area contributed by atoms with Crippen molar-refractivity contribution in [3.63, 3.8) is 0 Å². The van der Waals surface area contributed by atoms with Crippen molar-refractivity contribution in [3.8, 4) is 0 Å². The van der Waals surface area contributed by atoms with Gasteiger partial charge in [-0.1, -0.05) is 13.0 Å². The molecule has 1 heterocycles. The van der Waals surface area contributed by atoms with Gasteiger partial charge < -0.3 is 15.4 Å². The van der Waals surface area contributed by atoms with E-state index in [0.29, 0.717) is 38.3 Å². The second-order valence-electron chi connectivity index (χ2n) is 6.48. The quantitative estimate of drug-likeness (QED) is 0.658. The van der Waals surface area contributed by atoms with Gasteiger partial charge in [0.15, 0.2) is 0 Å². The first-order valence-electron chi connectivity index (χ1n) is 9.10. The van der Waals surface area contributed by atoms with Gasteiger partial charge in [-0.2, -0.15) is 0 Å². The Morgan fingerprint density at radius 2 is 2.04 bits per heavy atom. The molecule has 0 radical (unpaired) electrons. The summed E-state index contributed by atoms with van der Waals surface area (Å²) in [5.74, 6) is -0.128. The highest BCUT2D eigenvalue weighted by Gasteiger charge is 2.26. The summed E-state index contributed by atoms with van der Waals surface area (Å²) in [6.45, 7) is 6.32. The molecule has 26 heavy (non-hydrogen) atoms. The number of nitrogens with two attached hydrogens (primary N) is 1. The number of hydrogen-bond acceptors (Lipinski definition) is 5. The zero-order valence-corrected chi connectivity index (χ0v) is 16.3. The van der Waals surface area contributed by atoms with E-state index in [1.807, 2.05) is 6.92 Å². The Kier molecular flexibility index (Phi) is 7.57. The summed E-state index contributed by atoms with van der Waals surface area (Å²) in [6.07, 6.45) is 2.56. The van der Waals surface area contributed by atoms with E-state index >= 15 is 0 Å². The van der Waals surface area contributed by atoms with Crippen LogP contribution in [0.1, 0.15) is 42.1 Å². The minimum absolute atomic E-state index is 0.119. The monoisotopic (exact) mass is 383 g/mol. The van der Waals surface area contributed by atoms with Crippen molar-refractivity contribution in [1.29, 1.82) is 0 Å². The first kappa shape index (κ1) is 20.8. The number of ether oxygens (including phenoxy) is 1. The fourth-order valence-electron chi connectivity index (χ4n) is 3.00. The van der Waals surface area contributed by atoms with Crippen LogP contribution in [0, 0.1) is 6.92 Å². The molecule has 1 amide bonds. The zero-order valence-electron chi connectivity index (χ0n) is 15.5. The molecule has 1 fully saturated rings. The number of amides is 1. The van der Waals surface area contributed by atoms with E-state index < -0.39 is 10.0 Å². The molecule has 1 aromatic carbocycles. The van der Waals surface area contributed by atoms with E-state index in [4.69, 9.17) is 10.5 Å². The van der Waals surface area contributed by atoms with Crippen molar-refractivity contribution in [2.75, 3.05) is 32.8 Å². The molecule has 0 atom stereocenters. The average molecular weight is 384 g/mol. The number of nitrogens with zero attached hydrogens (tertiary/aromatic N) is 1. The third kappa shape index (κ3) is 5.26. The summed E-state index contributed by atoms with van der Waals surface area (Å²) in [4.78, 5) is 14.8. The second-order valence-corrected chi connectivity index (χ2v) is 8.25. The highest BCUT2D eigenvalue weighted by Crippen LogP contribution is 2.21. The van der Waals surface area contributed by atoms with E-state index in [2.05, 4.69) is 4.72 Å². The number of carbonyl (C=O) groups excluding carboxylic acids is 1. The van der Waals surface area contributed by atoms with Crippen LogP contribution in [0.15, 0.2) is 23.1 Å². The summed E-state index contributed by atoms with van der Waals surface area (Å²) in [5.41, 5.74) is 6.67. The van der Waals surface area contributed by atoms with Gasteiger partial charge in [-0.05, 0) is 50.4 Å². The number of sulfonamides is 1. The lowest BCUT2D eigenvalue weighted by atomic mass is 10.0. The number of benzene rings is 1. The molecule has 7 nitrogen and oxygen atoms in total. The van der Waals surface area contributed by atoms with Crippen LogP contribution in [0.3, 0.4) is 0 Å². The largest absolute Gasteiger partial charge is 0.378 e. The van der Waals surface area contributed by atoms with Gasteiger partial charge in [0.25, 0.3) is 5.91 Å². The number of hydrogen-bond donors (Lipinski definition) is 2. The van der Waals surface area contributed by atoms with Crippen molar-refractivity contribution in [2.45, 2.75) is 44.1 Å². The Morgan fingerprint density at radius 3 is 2.65 bits per heavy atom. The highest BCUT2D eigenvalue weighted by atomic mass is 32.2. The van der Waals surface area contributed by atoms with Gasteiger partial charge >= 0.3 is 0 Å². The number of likely N-dealkylation sites (tertiary alicyclic amines) is 1. The maximum absolute atomic E-state index is 12.9. The van der Waals surface area contributed by atoms with Gasteiger partial charge in [0.2, 0.25) is 10.0 Å². The third-order valence-corrected chi connectivity index (χ3v) is 6.06. The van der Waals surface area contributed by atoms with Gasteiger partial charge in [-0.3, -0.25) is 4.79 Å². The summed E-state index contributed by atoms with van der Waals surface area (Å²) in [6, 6.07) is 4.68. The fourth-order valence-corrected chi connectivity index (χ4v) is 4.07. The Morgan fingerprint density at radius 1 is 1.35 bits per heavy atom. The zero-order chi connectivity index (χ0) is 19.2. The Hall–Kier alpha value is -1.48. The standard InChI is InChI=1S/C18H29N3O4S/c1-3-20-26(23,24)16-6-5-14(2)17(13-16)18(22)21-10-7-15(8-11-21)25-12-4-9-19/h5-6,13,15,20H,3-4,7-12,19H2,1-2H3. The van der Waals surface area contributed by atoms with Gasteiger partial charge in [-0.25, -0.2) is 13.1 Å². The molecular weight excluding hydrogens is 354 g/mol. The number of piperidine rings is 1. The van der Waals surface area contributed by atoms with Gasteiger partial charge in [0.05, 0.1) is 11.0 Å². The molecule has 8 heteroatoms. The molecule has 2 rings (SSSR count). The Balaban J connectivity index is 2.06. The van der Waals surface area contributed by atoms with E-state index in [1.54, 1.807) is 17.9 Å². The lowest BCUT2D eigenvalue weighted by Gasteiger charge is -2.32. The molecule has 1 aliphatic heterocycles. The molecule has 0 unspecified atom stereocenters. The first-order valence-corrected chi connectivity index (χ1v) is 10.6. The molecule has 0 bridgehead atoms. The molecule has 0 aliphatic carbocycles. The predicted molar refractivity (Wildman–Crippen MR) is 101 cm³/mol. The first-order chi connectivity index (χ1) is 12.4. The summed E-state index contributed by atoms with van der Waals surface area (Å²) >= 11 is 0. The van der Waals surface area contributed by atoms with Gasteiger partial charge in [0, 0.05) is 31.8 Å². The van der Waals surface area contributed by atoms with E-state index in [1.165, 1.54) is 12.1 Å². The van der Waals surface area contributed by atoms with E-state index in [9.17, 15) is 13.2 Å². The average Bonchev–Trinajstić information content (AvgIpc) is 2.62. The Labute approximate surface area is 155 Å². The number of aryl methyl sites for hydroxylation is 1. The van der Waals surface area contributed by atoms with E-state index in [-0.39, 0.29) is 16.9 Å². The maximum Gasteiger partial charge on any atom is 0.254 e. The normalized spacial score (nSPS) is 16.0. The van der Waals surface area contributed by atoms with Gasteiger partial charge in [-0.15, -0.1) is 0 Å². The lowest BCUT2D eigenvalue weighted by molar-refractivity contribution is 0.00842. The molecule has 0 saturated carbocycles. The summed E-state index contributed by atoms with van der Waals surface area (Å²) in [7, 11) is -3.59. The minimum atomic E-state index is -3.59. The van der Waals surface area contributed by atoms with Crippen LogP contribution in [0.4, 0.5) is 0 Å². The fraction of sp³-hybridized carbons (Fsp3) is 0.611.